The number of hydrogen-bond acceptors (Lipinski definition) is 3. The summed E-state index contributed by atoms with van der Waals surface area (Å²) >= 11 is 11.8. The molecule has 0 unspecified atom stereocenters. The third kappa shape index (κ3) is 5.93. The summed E-state index contributed by atoms with van der Waals surface area (Å²) in [5, 5.41) is 6.32. The van der Waals surface area contributed by atoms with Crippen molar-refractivity contribution in [2.75, 3.05) is 18.5 Å². The fourth-order valence-corrected chi connectivity index (χ4v) is 2.57. The molecule has 0 spiro atoms. The zero-order chi connectivity index (χ0) is 19.1. The van der Waals surface area contributed by atoms with Crippen molar-refractivity contribution in [2.24, 2.45) is 5.92 Å². The minimum absolute atomic E-state index is 0.240. The number of carbonyl (C=O) groups excluding carboxylic acids is 2. The van der Waals surface area contributed by atoms with E-state index in [1.165, 1.54) is 6.07 Å². The Kier molecular flexibility index (Phi) is 7.30. The van der Waals surface area contributed by atoms with Crippen LogP contribution in [-0.4, -0.2) is 25.0 Å². The molecule has 0 aliphatic carbocycles. The SMILES string of the molecule is CC(C)CNC(=O)c1ccccc1NC(=O)COc1ccc(Cl)cc1Cl. The van der Waals surface area contributed by atoms with Crippen LogP contribution >= 0.6 is 23.2 Å². The summed E-state index contributed by atoms with van der Waals surface area (Å²) in [6, 6.07) is 11.5. The predicted molar refractivity (Wildman–Crippen MR) is 104 cm³/mol. The van der Waals surface area contributed by atoms with Crippen LogP contribution in [0, 0.1) is 5.92 Å². The van der Waals surface area contributed by atoms with Gasteiger partial charge in [-0.25, -0.2) is 0 Å². The number of anilines is 1. The Bertz CT molecular complexity index is 794. The van der Waals surface area contributed by atoms with Crippen molar-refractivity contribution < 1.29 is 14.3 Å². The van der Waals surface area contributed by atoms with E-state index in [9.17, 15) is 9.59 Å². The van der Waals surface area contributed by atoms with Gasteiger partial charge in [0.2, 0.25) is 0 Å². The third-order valence-electron chi connectivity index (χ3n) is 3.37. The maximum atomic E-state index is 12.3. The van der Waals surface area contributed by atoms with Gasteiger partial charge < -0.3 is 15.4 Å². The van der Waals surface area contributed by atoms with Gasteiger partial charge in [0.05, 0.1) is 16.3 Å². The highest BCUT2D eigenvalue weighted by Gasteiger charge is 2.14. The van der Waals surface area contributed by atoms with E-state index in [1.807, 2.05) is 13.8 Å². The molecule has 7 heteroatoms. The van der Waals surface area contributed by atoms with Gasteiger partial charge in [0.25, 0.3) is 11.8 Å². The predicted octanol–water partition coefficient (Wildman–Crippen LogP) is 4.40. The van der Waals surface area contributed by atoms with Gasteiger partial charge in [-0.1, -0.05) is 49.2 Å². The number of ether oxygens (including phenoxy) is 1. The molecule has 0 aliphatic heterocycles. The van der Waals surface area contributed by atoms with E-state index in [2.05, 4.69) is 10.6 Å². The average Bonchev–Trinajstić information content (AvgIpc) is 2.59. The Balaban J connectivity index is 1.99. The van der Waals surface area contributed by atoms with E-state index in [1.54, 1.807) is 36.4 Å². The molecule has 0 aromatic heterocycles. The Morgan fingerprint density at radius 3 is 2.54 bits per heavy atom. The monoisotopic (exact) mass is 394 g/mol. The molecule has 0 radical (unpaired) electrons. The molecule has 2 aromatic carbocycles. The Morgan fingerprint density at radius 1 is 1.12 bits per heavy atom. The zero-order valence-electron chi connectivity index (χ0n) is 14.5. The molecular formula is C19H20Cl2N2O3. The number of carbonyl (C=O) groups is 2. The van der Waals surface area contributed by atoms with Crippen LogP contribution in [0.3, 0.4) is 0 Å². The highest BCUT2D eigenvalue weighted by atomic mass is 35.5. The number of hydrogen-bond donors (Lipinski definition) is 2. The first-order valence-corrected chi connectivity index (χ1v) is 8.87. The van der Waals surface area contributed by atoms with Crippen molar-refractivity contribution in [3.8, 4) is 5.75 Å². The highest BCUT2D eigenvalue weighted by molar-refractivity contribution is 6.35. The number of rotatable bonds is 7. The molecule has 26 heavy (non-hydrogen) atoms. The smallest absolute Gasteiger partial charge is 0.262 e. The van der Waals surface area contributed by atoms with Gasteiger partial charge in [-0.15, -0.1) is 0 Å². The number of halogens is 2. The van der Waals surface area contributed by atoms with Gasteiger partial charge in [0.15, 0.2) is 6.61 Å². The number of nitrogens with one attached hydrogen (secondary N) is 2. The van der Waals surface area contributed by atoms with E-state index < -0.39 is 5.91 Å². The fraction of sp³-hybridized carbons (Fsp3) is 0.263. The maximum Gasteiger partial charge on any atom is 0.262 e. The van der Waals surface area contributed by atoms with Crippen LogP contribution in [0.5, 0.6) is 5.75 Å². The molecule has 0 atom stereocenters. The molecule has 0 fully saturated rings. The van der Waals surface area contributed by atoms with Gasteiger partial charge in [-0.05, 0) is 36.2 Å². The van der Waals surface area contributed by atoms with Crippen LogP contribution < -0.4 is 15.4 Å². The molecule has 2 rings (SSSR count). The molecule has 0 saturated carbocycles. The first-order chi connectivity index (χ1) is 12.4. The van der Waals surface area contributed by atoms with Crippen LogP contribution in [0.15, 0.2) is 42.5 Å². The zero-order valence-corrected chi connectivity index (χ0v) is 16.0. The summed E-state index contributed by atoms with van der Waals surface area (Å²) in [4.78, 5) is 24.5. The van der Waals surface area contributed by atoms with E-state index in [4.69, 9.17) is 27.9 Å². The molecule has 2 aromatic rings. The topological polar surface area (TPSA) is 67.4 Å². The standard InChI is InChI=1S/C19H20Cl2N2O3/c1-12(2)10-22-19(25)14-5-3-4-6-16(14)23-18(24)11-26-17-8-7-13(20)9-15(17)21/h3-9,12H,10-11H2,1-2H3,(H,22,25)(H,23,24). The first kappa shape index (κ1) is 20.1. The largest absolute Gasteiger partial charge is 0.482 e. The van der Waals surface area contributed by atoms with Gasteiger partial charge in [-0.3, -0.25) is 9.59 Å². The second-order valence-electron chi connectivity index (χ2n) is 6.06. The van der Waals surface area contributed by atoms with Crippen LogP contribution in [0.2, 0.25) is 10.0 Å². The molecular weight excluding hydrogens is 375 g/mol. The second-order valence-corrected chi connectivity index (χ2v) is 6.90. The number of para-hydroxylation sites is 1. The third-order valence-corrected chi connectivity index (χ3v) is 3.90. The number of amides is 2. The molecule has 5 nitrogen and oxygen atoms in total. The summed E-state index contributed by atoms with van der Waals surface area (Å²) in [7, 11) is 0. The molecule has 0 saturated heterocycles. The van der Waals surface area contributed by atoms with Crippen molar-refractivity contribution >= 4 is 40.7 Å². The molecule has 2 amide bonds. The van der Waals surface area contributed by atoms with Crippen molar-refractivity contribution in [2.45, 2.75) is 13.8 Å². The average molecular weight is 395 g/mol. The lowest BCUT2D eigenvalue weighted by Gasteiger charge is -2.13. The van der Waals surface area contributed by atoms with Crippen LogP contribution in [0.4, 0.5) is 5.69 Å². The maximum absolute atomic E-state index is 12.3. The number of benzene rings is 2. The van der Waals surface area contributed by atoms with E-state index in [0.29, 0.717) is 39.5 Å². The lowest BCUT2D eigenvalue weighted by molar-refractivity contribution is -0.118. The van der Waals surface area contributed by atoms with Gasteiger partial charge in [0, 0.05) is 11.6 Å². The Labute approximate surface area is 162 Å². The summed E-state index contributed by atoms with van der Waals surface area (Å²) in [5.74, 6) is 0.0452. The lowest BCUT2D eigenvalue weighted by Crippen LogP contribution is -2.29. The molecule has 0 aliphatic rings. The van der Waals surface area contributed by atoms with E-state index in [-0.39, 0.29) is 12.5 Å². The minimum atomic E-state index is -0.403. The summed E-state index contributed by atoms with van der Waals surface area (Å²) in [5.41, 5.74) is 0.815. The summed E-state index contributed by atoms with van der Waals surface area (Å²) in [6.07, 6.45) is 0. The van der Waals surface area contributed by atoms with Crippen LogP contribution in [-0.2, 0) is 4.79 Å². The highest BCUT2D eigenvalue weighted by Crippen LogP contribution is 2.27. The molecule has 0 heterocycles. The second kappa shape index (κ2) is 9.46. The van der Waals surface area contributed by atoms with Gasteiger partial charge in [-0.2, -0.15) is 0 Å². The molecule has 0 bridgehead atoms. The first-order valence-electron chi connectivity index (χ1n) is 8.11. The quantitative estimate of drug-likeness (QED) is 0.731. The van der Waals surface area contributed by atoms with Crippen molar-refractivity contribution in [1.82, 2.24) is 5.32 Å². The minimum Gasteiger partial charge on any atom is -0.482 e. The fourth-order valence-electron chi connectivity index (χ4n) is 2.10. The van der Waals surface area contributed by atoms with E-state index >= 15 is 0 Å². The Morgan fingerprint density at radius 2 is 1.85 bits per heavy atom. The van der Waals surface area contributed by atoms with Gasteiger partial charge in [0.1, 0.15) is 5.75 Å². The lowest BCUT2D eigenvalue weighted by atomic mass is 10.1. The van der Waals surface area contributed by atoms with Crippen molar-refractivity contribution in [3.05, 3.63) is 58.1 Å². The van der Waals surface area contributed by atoms with Crippen molar-refractivity contribution in [3.63, 3.8) is 0 Å². The van der Waals surface area contributed by atoms with Crippen molar-refractivity contribution in [1.29, 1.82) is 0 Å². The Hall–Kier alpha value is -2.24. The van der Waals surface area contributed by atoms with E-state index in [0.717, 1.165) is 0 Å². The van der Waals surface area contributed by atoms with Crippen LogP contribution in [0.1, 0.15) is 24.2 Å². The van der Waals surface area contributed by atoms with Gasteiger partial charge >= 0.3 is 0 Å². The molecule has 2 N–H and O–H groups in total. The summed E-state index contributed by atoms with van der Waals surface area (Å²) < 4.78 is 5.40. The van der Waals surface area contributed by atoms with Crippen LogP contribution in [0.25, 0.3) is 0 Å². The molecule has 138 valence electrons. The normalized spacial score (nSPS) is 10.5. The summed E-state index contributed by atoms with van der Waals surface area (Å²) in [6.45, 7) is 4.32.